The minimum absolute atomic E-state index is 0.436. The van der Waals surface area contributed by atoms with Gasteiger partial charge in [0.25, 0.3) is 0 Å². The Labute approximate surface area is 126 Å². The summed E-state index contributed by atoms with van der Waals surface area (Å²) in [7, 11) is 0. The molecule has 0 atom stereocenters. The average Bonchev–Trinajstić information content (AvgIpc) is 2.80. The highest BCUT2D eigenvalue weighted by Gasteiger charge is 2.18. The Morgan fingerprint density at radius 1 is 1.24 bits per heavy atom. The summed E-state index contributed by atoms with van der Waals surface area (Å²) < 4.78 is 2.32. The van der Waals surface area contributed by atoms with Gasteiger partial charge >= 0.3 is 5.97 Å². The van der Waals surface area contributed by atoms with Crippen molar-refractivity contribution in [3.8, 4) is 0 Å². The summed E-state index contributed by atoms with van der Waals surface area (Å²) in [4.78, 5) is 11.5. The van der Waals surface area contributed by atoms with E-state index in [0.29, 0.717) is 5.56 Å². The predicted molar refractivity (Wildman–Crippen MR) is 87.3 cm³/mol. The molecule has 0 radical (unpaired) electrons. The van der Waals surface area contributed by atoms with Gasteiger partial charge in [0.1, 0.15) is 0 Å². The lowest BCUT2D eigenvalue weighted by molar-refractivity contribution is 0.0696. The lowest BCUT2D eigenvalue weighted by atomic mass is 9.97. The second-order valence-corrected chi connectivity index (χ2v) is 5.85. The van der Waals surface area contributed by atoms with Gasteiger partial charge in [-0.15, -0.1) is 0 Å². The molecule has 21 heavy (non-hydrogen) atoms. The van der Waals surface area contributed by atoms with E-state index in [1.165, 1.54) is 11.1 Å². The van der Waals surface area contributed by atoms with E-state index in [1.807, 2.05) is 19.9 Å². The third-order valence-corrected chi connectivity index (χ3v) is 4.17. The molecule has 2 aromatic rings. The van der Waals surface area contributed by atoms with Crippen molar-refractivity contribution in [2.45, 2.75) is 59.9 Å². The monoisotopic (exact) mass is 287 g/mol. The van der Waals surface area contributed by atoms with E-state index in [0.717, 1.165) is 48.7 Å². The molecule has 0 unspecified atom stereocenters. The molecule has 1 heterocycles. The molecule has 114 valence electrons. The third-order valence-electron chi connectivity index (χ3n) is 4.17. The SMILES string of the molecule is CCCCn1cc(CCC)c2c(C)c(C(=O)O)cc(C)c21. The number of aryl methyl sites for hydroxylation is 4. The van der Waals surface area contributed by atoms with Crippen LogP contribution in [0, 0.1) is 13.8 Å². The van der Waals surface area contributed by atoms with Crippen LogP contribution in [0.4, 0.5) is 0 Å². The molecule has 0 amide bonds. The van der Waals surface area contributed by atoms with Gasteiger partial charge in [-0.05, 0) is 49.4 Å². The van der Waals surface area contributed by atoms with E-state index in [9.17, 15) is 9.90 Å². The zero-order valence-corrected chi connectivity index (χ0v) is 13.5. The second-order valence-electron chi connectivity index (χ2n) is 5.85. The first-order chi connectivity index (χ1) is 10.0. The number of aromatic carboxylic acids is 1. The van der Waals surface area contributed by atoms with E-state index in [1.54, 1.807) is 0 Å². The number of carboxylic acid groups (broad SMARTS) is 1. The first-order valence-corrected chi connectivity index (χ1v) is 7.86. The maximum Gasteiger partial charge on any atom is 0.335 e. The summed E-state index contributed by atoms with van der Waals surface area (Å²) in [6.07, 6.45) is 6.61. The van der Waals surface area contributed by atoms with Crippen LogP contribution in [0.25, 0.3) is 10.9 Å². The minimum atomic E-state index is -0.832. The fourth-order valence-corrected chi connectivity index (χ4v) is 3.17. The molecule has 0 aliphatic carbocycles. The maximum atomic E-state index is 11.5. The number of carbonyl (C=O) groups is 1. The quantitative estimate of drug-likeness (QED) is 0.836. The molecule has 0 bridgehead atoms. The number of aromatic nitrogens is 1. The van der Waals surface area contributed by atoms with Crippen LogP contribution in [-0.2, 0) is 13.0 Å². The van der Waals surface area contributed by atoms with Crippen molar-refractivity contribution >= 4 is 16.9 Å². The zero-order chi connectivity index (χ0) is 15.6. The fourth-order valence-electron chi connectivity index (χ4n) is 3.17. The lowest BCUT2D eigenvalue weighted by Gasteiger charge is -2.11. The number of unbranched alkanes of at least 4 members (excludes halogenated alkanes) is 1. The zero-order valence-electron chi connectivity index (χ0n) is 13.5. The van der Waals surface area contributed by atoms with E-state index >= 15 is 0 Å². The molecule has 0 aliphatic rings. The highest BCUT2D eigenvalue weighted by molar-refractivity contribution is 5.99. The number of hydrogen-bond donors (Lipinski definition) is 1. The number of carboxylic acids is 1. The van der Waals surface area contributed by atoms with Gasteiger partial charge < -0.3 is 9.67 Å². The van der Waals surface area contributed by atoms with E-state index in [4.69, 9.17) is 0 Å². The molecule has 1 aromatic carbocycles. The Morgan fingerprint density at radius 2 is 1.95 bits per heavy atom. The van der Waals surface area contributed by atoms with Crippen molar-refractivity contribution in [3.05, 3.63) is 34.5 Å². The number of fused-ring (bicyclic) bond motifs is 1. The normalized spacial score (nSPS) is 11.2. The summed E-state index contributed by atoms with van der Waals surface area (Å²) in [6.45, 7) is 9.32. The maximum absolute atomic E-state index is 11.5. The second kappa shape index (κ2) is 6.33. The van der Waals surface area contributed by atoms with Crippen molar-refractivity contribution in [1.29, 1.82) is 0 Å². The minimum Gasteiger partial charge on any atom is -0.478 e. The molecule has 0 saturated carbocycles. The third kappa shape index (κ3) is 2.82. The molecule has 0 saturated heterocycles. The number of rotatable bonds is 6. The summed E-state index contributed by atoms with van der Waals surface area (Å²) in [5.41, 5.74) is 4.90. The highest BCUT2D eigenvalue weighted by atomic mass is 16.4. The lowest BCUT2D eigenvalue weighted by Crippen LogP contribution is -2.03. The molecule has 1 aromatic heterocycles. The highest BCUT2D eigenvalue weighted by Crippen LogP contribution is 2.31. The summed E-state index contributed by atoms with van der Waals surface area (Å²) in [5.74, 6) is -0.832. The first-order valence-electron chi connectivity index (χ1n) is 7.86. The molecular weight excluding hydrogens is 262 g/mol. The van der Waals surface area contributed by atoms with Gasteiger partial charge in [-0.3, -0.25) is 0 Å². The van der Waals surface area contributed by atoms with E-state index in [2.05, 4.69) is 24.6 Å². The molecule has 1 N–H and O–H groups in total. The van der Waals surface area contributed by atoms with Crippen molar-refractivity contribution in [2.75, 3.05) is 0 Å². The summed E-state index contributed by atoms with van der Waals surface area (Å²) in [6, 6.07) is 1.82. The van der Waals surface area contributed by atoms with Gasteiger partial charge in [-0.25, -0.2) is 4.79 Å². The van der Waals surface area contributed by atoms with Crippen molar-refractivity contribution in [2.24, 2.45) is 0 Å². The number of nitrogens with zero attached hydrogens (tertiary/aromatic N) is 1. The Balaban J connectivity index is 2.74. The fraction of sp³-hybridized carbons (Fsp3) is 0.500. The predicted octanol–water partition coefficient (Wildman–Crippen LogP) is 4.71. The molecule has 3 heteroatoms. The van der Waals surface area contributed by atoms with Crippen LogP contribution in [-0.4, -0.2) is 15.6 Å². The van der Waals surface area contributed by atoms with Crippen LogP contribution in [0.2, 0.25) is 0 Å². The standard InChI is InChI=1S/C18H25NO2/c1-5-7-9-19-11-14(8-6-2)16-13(4)15(18(20)21)10-12(3)17(16)19/h10-11H,5-9H2,1-4H3,(H,20,21). The van der Waals surface area contributed by atoms with Gasteiger partial charge in [-0.1, -0.05) is 26.7 Å². The van der Waals surface area contributed by atoms with Crippen LogP contribution in [0.1, 0.15) is 60.2 Å². The Kier molecular flexibility index (Phi) is 4.71. The average molecular weight is 287 g/mol. The van der Waals surface area contributed by atoms with Gasteiger partial charge in [0.2, 0.25) is 0 Å². The molecule has 3 nitrogen and oxygen atoms in total. The van der Waals surface area contributed by atoms with Gasteiger partial charge in [-0.2, -0.15) is 0 Å². The Hall–Kier alpha value is -1.77. The van der Waals surface area contributed by atoms with Crippen LogP contribution in [0.5, 0.6) is 0 Å². The van der Waals surface area contributed by atoms with E-state index < -0.39 is 5.97 Å². The van der Waals surface area contributed by atoms with Crippen molar-refractivity contribution < 1.29 is 9.90 Å². The van der Waals surface area contributed by atoms with Gasteiger partial charge in [0.05, 0.1) is 11.1 Å². The van der Waals surface area contributed by atoms with Crippen molar-refractivity contribution in [3.63, 3.8) is 0 Å². The smallest absolute Gasteiger partial charge is 0.335 e. The topological polar surface area (TPSA) is 42.2 Å². The van der Waals surface area contributed by atoms with Gasteiger partial charge in [0, 0.05) is 18.1 Å². The van der Waals surface area contributed by atoms with Crippen LogP contribution in [0.3, 0.4) is 0 Å². The van der Waals surface area contributed by atoms with Crippen LogP contribution in [0.15, 0.2) is 12.3 Å². The molecular formula is C18H25NO2. The first kappa shape index (κ1) is 15.6. The van der Waals surface area contributed by atoms with Crippen LogP contribution < -0.4 is 0 Å². The molecule has 0 aliphatic heterocycles. The van der Waals surface area contributed by atoms with Gasteiger partial charge in [0.15, 0.2) is 0 Å². The summed E-state index contributed by atoms with van der Waals surface area (Å²) in [5, 5.41) is 10.6. The van der Waals surface area contributed by atoms with Crippen LogP contribution >= 0.6 is 0 Å². The molecule has 0 spiro atoms. The molecule has 0 fully saturated rings. The number of hydrogen-bond acceptors (Lipinski definition) is 1. The van der Waals surface area contributed by atoms with Crippen molar-refractivity contribution in [1.82, 2.24) is 4.57 Å². The largest absolute Gasteiger partial charge is 0.478 e. The Bertz CT molecular complexity index is 668. The number of benzene rings is 1. The Morgan fingerprint density at radius 3 is 2.52 bits per heavy atom. The van der Waals surface area contributed by atoms with E-state index in [-0.39, 0.29) is 0 Å². The summed E-state index contributed by atoms with van der Waals surface area (Å²) >= 11 is 0. The molecule has 2 rings (SSSR count).